The van der Waals surface area contributed by atoms with Crippen molar-refractivity contribution in [1.29, 1.82) is 0 Å². The van der Waals surface area contributed by atoms with Crippen molar-refractivity contribution in [2.45, 2.75) is 33.3 Å². The molecule has 0 rings (SSSR count). The van der Waals surface area contributed by atoms with Crippen LogP contribution in [0.25, 0.3) is 0 Å². The highest BCUT2D eigenvalue weighted by atomic mass is 19.1. The van der Waals surface area contributed by atoms with Crippen LogP contribution < -0.4 is 5.73 Å². The van der Waals surface area contributed by atoms with E-state index in [0.29, 0.717) is 12.8 Å². The minimum absolute atomic E-state index is 0.0201. The van der Waals surface area contributed by atoms with E-state index < -0.39 is 11.9 Å². The summed E-state index contributed by atoms with van der Waals surface area (Å²) in [5.74, 6) is -0.618. The fourth-order valence-electron chi connectivity index (χ4n) is 0.816. The van der Waals surface area contributed by atoms with Crippen LogP contribution in [-0.4, -0.2) is 35.4 Å². The molecule has 1 atom stereocenters. The largest absolute Gasteiger partial charge is 0.386 e. The Morgan fingerprint density at radius 3 is 2.56 bits per heavy atom. The number of nitrogens with two attached hydrogens (primary N) is 1. The monoisotopic (exact) mass is 259 g/mol. The molecule has 3 N–H and O–H groups in total. The summed E-state index contributed by atoms with van der Waals surface area (Å²) in [6.07, 6.45) is 3.41. The molecule has 6 heteroatoms. The van der Waals surface area contributed by atoms with Crippen LogP contribution in [0.5, 0.6) is 0 Å². The van der Waals surface area contributed by atoms with E-state index in [4.69, 9.17) is 10.8 Å². The number of amidine groups is 1. The summed E-state index contributed by atoms with van der Waals surface area (Å²) in [6.45, 7) is 5.67. The van der Waals surface area contributed by atoms with E-state index in [1.807, 2.05) is 13.8 Å². The molecule has 0 saturated carbocycles. The summed E-state index contributed by atoms with van der Waals surface area (Å²) in [7, 11) is 1.56. The molecular weight excluding hydrogens is 237 g/mol. The lowest BCUT2D eigenvalue weighted by atomic mass is 10.2. The first-order chi connectivity index (χ1) is 8.51. The van der Waals surface area contributed by atoms with Gasteiger partial charge in [-0.05, 0) is 12.5 Å². The molecule has 0 heterocycles. The highest BCUT2D eigenvalue weighted by Gasteiger charge is 2.07. The van der Waals surface area contributed by atoms with Gasteiger partial charge in [0.15, 0.2) is 0 Å². The summed E-state index contributed by atoms with van der Waals surface area (Å²) < 4.78 is 13.1. The lowest BCUT2D eigenvalue weighted by molar-refractivity contribution is -0.106. The second kappa shape index (κ2) is 11.8. The molecule has 104 valence electrons. The second-order valence-electron chi connectivity index (χ2n) is 3.08. The molecule has 1 unspecified atom stereocenters. The smallest absolute Gasteiger partial charge is 0.234 e. The number of aliphatic hydroxyl groups excluding tert-OH is 1. The van der Waals surface area contributed by atoms with Crippen molar-refractivity contribution in [2.24, 2.45) is 10.7 Å². The van der Waals surface area contributed by atoms with Gasteiger partial charge >= 0.3 is 0 Å². The number of hydrogen-bond donors (Lipinski definition) is 2. The first-order valence-electron chi connectivity index (χ1n) is 5.73. The summed E-state index contributed by atoms with van der Waals surface area (Å²) in [6, 6.07) is 0. The molecule has 0 aliphatic carbocycles. The maximum atomic E-state index is 13.1. The molecule has 1 amide bonds. The zero-order chi connectivity index (χ0) is 14.6. The van der Waals surface area contributed by atoms with Crippen LogP contribution in [0.1, 0.15) is 27.2 Å². The lowest BCUT2D eigenvalue weighted by Gasteiger charge is -2.10. The van der Waals surface area contributed by atoms with Crippen LogP contribution in [0.15, 0.2) is 29.3 Å². The average Bonchev–Trinajstić information content (AvgIpc) is 2.38. The van der Waals surface area contributed by atoms with Gasteiger partial charge in [-0.3, -0.25) is 4.79 Å². The van der Waals surface area contributed by atoms with Crippen LogP contribution in [0.3, 0.4) is 0 Å². The minimum Gasteiger partial charge on any atom is -0.386 e. The fraction of sp³-hybridized carbons (Fsp3) is 0.500. The zero-order valence-electron chi connectivity index (χ0n) is 11.3. The third-order valence-electron chi connectivity index (χ3n) is 1.71. The van der Waals surface area contributed by atoms with E-state index in [-0.39, 0.29) is 5.84 Å². The Morgan fingerprint density at radius 2 is 2.11 bits per heavy atom. The number of hydrogen-bond acceptors (Lipinski definition) is 3. The Kier molecular flexibility index (Phi) is 12.2. The Bertz CT molecular complexity index is 314. The molecule has 0 aromatic carbocycles. The van der Waals surface area contributed by atoms with Crippen molar-refractivity contribution < 1.29 is 14.3 Å². The Balaban J connectivity index is 0. The Morgan fingerprint density at radius 1 is 1.56 bits per heavy atom. The van der Waals surface area contributed by atoms with Crippen LogP contribution in [0.2, 0.25) is 0 Å². The normalized spacial score (nSPS) is 13.9. The van der Waals surface area contributed by atoms with Crippen molar-refractivity contribution >= 4 is 12.2 Å². The van der Waals surface area contributed by atoms with Gasteiger partial charge in [-0.1, -0.05) is 20.8 Å². The number of aliphatic imine (C=N–C) groups is 1. The van der Waals surface area contributed by atoms with Gasteiger partial charge in [0.1, 0.15) is 17.8 Å². The Labute approximate surface area is 107 Å². The fourth-order valence-corrected chi connectivity index (χ4v) is 0.816. The summed E-state index contributed by atoms with van der Waals surface area (Å²) in [5.41, 5.74) is 5.29. The highest BCUT2D eigenvalue weighted by molar-refractivity contribution is 5.95. The van der Waals surface area contributed by atoms with Crippen LogP contribution in [0, 0.1) is 0 Å². The number of rotatable bonds is 6. The third kappa shape index (κ3) is 9.53. The van der Waals surface area contributed by atoms with Gasteiger partial charge in [0.05, 0.1) is 0 Å². The molecule has 0 fully saturated rings. The van der Waals surface area contributed by atoms with E-state index in [0.717, 1.165) is 6.20 Å². The SMILES string of the molecule is CC.CCC(O)/C(F)=C\N(C)/C=C\C(N)=NC=O. The molecule has 5 nitrogen and oxygen atoms in total. The maximum Gasteiger partial charge on any atom is 0.234 e. The van der Waals surface area contributed by atoms with Crippen molar-refractivity contribution in [3.63, 3.8) is 0 Å². The predicted octanol–water partition coefficient (Wildman–Crippen LogP) is 1.55. The Hall–Kier alpha value is -1.69. The second-order valence-corrected chi connectivity index (χ2v) is 3.08. The van der Waals surface area contributed by atoms with Gasteiger partial charge in [-0.2, -0.15) is 4.99 Å². The number of nitrogens with zero attached hydrogens (tertiary/aromatic N) is 2. The number of carbonyl (C=O) groups is 1. The van der Waals surface area contributed by atoms with Crippen LogP contribution >= 0.6 is 0 Å². The molecule has 18 heavy (non-hydrogen) atoms. The molecule has 0 radical (unpaired) electrons. The van der Waals surface area contributed by atoms with E-state index in [1.54, 1.807) is 14.0 Å². The van der Waals surface area contributed by atoms with Gasteiger partial charge in [0, 0.05) is 19.4 Å². The first-order valence-corrected chi connectivity index (χ1v) is 5.73. The molecule has 0 aliphatic rings. The van der Waals surface area contributed by atoms with Gasteiger partial charge < -0.3 is 15.7 Å². The van der Waals surface area contributed by atoms with E-state index >= 15 is 0 Å². The number of halogens is 1. The average molecular weight is 259 g/mol. The van der Waals surface area contributed by atoms with E-state index in [9.17, 15) is 9.18 Å². The minimum atomic E-state index is -1.10. The van der Waals surface area contributed by atoms with Crippen molar-refractivity contribution in [3.05, 3.63) is 24.3 Å². The standard InChI is InChI=1S/C10H16FN3O2.C2H6/c1-3-9(16)8(11)6-14(2)5-4-10(12)13-7-15;1-2/h4-7,9,16H,3H2,1-2H3,(H2,12,13,15);1-2H3/b5-4-,8-6+;. The number of carbonyl (C=O) groups excluding carboxylic acids is 1. The lowest BCUT2D eigenvalue weighted by Crippen LogP contribution is -2.12. The molecule has 0 spiro atoms. The predicted molar refractivity (Wildman–Crippen MR) is 71.4 cm³/mol. The molecule has 0 aliphatic heterocycles. The molecule has 0 aromatic heterocycles. The van der Waals surface area contributed by atoms with Crippen LogP contribution in [-0.2, 0) is 4.79 Å². The molecular formula is C12H22FN3O2. The molecule has 0 bridgehead atoms. The van der Waals surface area contributed by atoms with Crippen LogP contribution in [0.4, 0.5) is 4.39 Å². The molecule has 0 aromatic rings. The first kappa shape index (κ1) is 18.7. The van der Waals surface area contributed by atoms with Crippen molar-refractivity contribution in [3.8, 4) is 0 Å². The summed E-state index contributed by atoms with van der Waals surface area (Å²) in [5, 5.41) is 9.15. The third-order valence-corrected chi connectivity index (χ3v) is 1.71. The van der Waals surface area contributed by atoms with Gasteiger partial charge in [-0.25, -0.2) is 4.39 Å². The summed E-state index contributed by atoms with van der Waals surface area (Å²) >= 11 is 0. The zero-order valence-corrected chi connectivity index (χ0v) is 11.3. The van der Waals surface area contributed by atoms with Gasteiger partial charge in [0.25, 0.3) is 0 Å². The molecule has 0 saturated heterocycles. The van der Waals surface area contributed by atoms with E-state index in [1.165, 1.54) is 17.2 Å². The topological polar surface area (TPSA) is 78.9 Å². The quantitative estimate of drug-likeness (QED) is 0.431. The van der Waals surface area contributed by atoms with Gasteiger partial charge in [-0.15, -0.1) is 0 Å². The number of aliphatic hydroxyl groups is 1. The van der Waals surface area contributed by atoms with E-state index in [2.05, 4.69) is 4.99 Å². The van der Waals surface area contributed by atoms with Crippen molar-refractivity contribution in [1.82, 2.24) is 4.90 Å². The van der Waals surface area contributed by atoms with Gasteiger partial charge in [0.2, 0.25) is 6.41 Å². The maximum absolute atomic E-state index is 13.1. The number of amides is 1. The highest BCUT2D eigenvalue weighted by Crippen LogP contribution is 2.08. The summed E-state index contributed by atoms with van der Waals surface area (Å²) in [4.78, 5) is 14.6. The van der Waals surface area contributed by atoms with Crippen molar-refractivity contribution in [2.75, 3.05) is 7.05 Å².